The van der Waals surface area contributed by atoms with Crippen LogP contribution in [0.15, 0.2) is 30.3 Å². The molecule has 1 aromatic rings. The minimum Gasteiger partial charge on any atom is -0.405 e. The molecular weight excluding hydrogens is 287 g/mol. The maximum absolute atomic E-state index is 12.2. The molecule has 0 radical (unpaired) electrons. The van der Waals surface area contributed by atoms with Crippen LogP contribution in [-0.2, 0) is 4.79 Å². The number of hydrogen-bond acceptors (Lipinski definition) is 3. The van der Waals surface area contributed by atoms with Gasteiger partial charge in [-0.25, -0.2) is 0 Å². The zero-order valence-electron chi connectivity index (χ0n) is 11.6. The Kier molecular flexibility index (Phi) is 5.37. The highest BCUT2D eigenvalue weighted by Crippen LogP contribution is 2.26. The molecule has 1 aromatic carbocycles. The summed E-state index contributed by atoms with van der Waals surface area (Å²) in [6.07, 6.45) is -2.51. The highest BCUT2D eigenvalue weighted by molar-refractivity contribution is 5.92. The number of alkyl halides is 3. The minimum atomic E-state index is -4.80. The molecule has 0 spiro atoms. The van der Waals surface area contributed by atoms with E-state index in [2.05, 4.69) is 10.1 Å². The second-order valence-corrected chi connectivity index (χ2v) is 4.95. The molecule has 2 N–H and O–H groups in total. The largest absolute Gasteiger partial charge is 0.573 e. The lowest BCUT2D eigenvalue weighted by molar-refractivity contribution is -0.274. The van der Waals surface area contributed by atoms with Crippen LogP contribution in [0.4, 0.5) is 13.2 Å². The van der Waals surface area contributed by atoms with Crippen molar-refractivity contribution in [1.29, 1.82) is 0 Å². The van der Waals surface area contributed by atoms with Crippen molar-refractivity contribution >= 4 is 12.0 Å². The topological polar surface area (TPSA) is 58.6 Å². The van der Waals surface area contributed by atoms with E-state index in [4.69, 9.17) is 5.11 Å². The van der Waals surface area contributed by atoms with Gasteiger partial charge in [0.2, 0.25) is 5.91 Å². The number of carbonyl (C=O) groups excluding carboxylic acids is 1. The zero-order valence-corrected chi connectivity index (χ0v) is 11.6. The maximum atomic E-state index is 12.2. The Morgan fingerprint density at radius 3 is 2.52 bits per heavy atom. The third kappa shape index (κ3) is 6.31. The molecule has 0 aliphatic heterocycles. The van der Waals surface area contributed by atoms with E-state index in [-0.39, 0.29) is 12.2 Å². The predicted molar refractivity (Wildman–Crippen MR) is 71.5 cm³/mol. The summed E-state index contributed by atoms with van der Waals surface area (Å²) >= 11 is 0. The fourth-order valence-electron chi connectivity index (χ4n) is 1.42. The van der Waals surface area contributed by atoms with E-state index in [0.717, 1.165) is 12.1 Å². The van der Waals surface area contributed by atoms with Gasteiger partial charge in [-0.2, -0.15) is 0 Å². The van der Waals surface area contributed by atoms with Gasteiger partial charge in [-0.1, -0.05) is 18.2 Å². The van der Waals surface area contributed by atoms with Crippen molar-refractivity contribution in [2.45, 2.75) is 25.7 Å². The predicted octanol–water partition coefficient (Wildman–Crippen LogP) is 2.49. The van der Waals surface area contributed by atoms with Gasteiger partial charge in [0.15, 0.2) is 0 Å². The second-order valence-electron chi connectivity index (χ2n) is 4.95. The van der Waals surface area contributed by atoms with Gasteiger partial charge in [-0.15, -0.1) is 13.2 Å². The Hall–Kier alpha value is -2.02. The van der Waals surface area contributed by atoms with Gasteiger partial charge in [0.1, 0.15) is 5.75 Å². The van der Waals surface area contributed by atoms with Gasteiger partial charge >= 0.3 is 6.36 Å². The van der Waals surface area contributed by atoms with Gasteiger partial charge in [0.05, 0.1) is 12.1 Å². The first-order valence-corrected chi connectivity index (χ1v) is 6.09. The monoisotopic (exact) mass is 303 g/mol. The van der Waals surface area contributed by atoms with Crippen LogP contribution in [-0.4, -0.2) is 29.5 Å². The summed E-state index contributed by atoms with van der Waals surface area (Å²) in [5, 5.41) is 11.5. The number of aliphatic hydroxyl groups is 1. The number of carbonyl (C=O) groups is 1. The number of ether oxygens (including phenoxy) is 1. The Balaban J connectivity index is 2.83. The molecule has 0 unspecified atom stereocenters. The van der Waals surface area contributed by atoms with Crippen molar-refractivity contribution in [2.24, 2.45) is 0 Å². The van der Waals surface area contributed by atoms with E-state index >= 15 is 0 Å². The molecule has 21 heavy (non-hydrogen) atoms. The molecule has 7 heteroatoms. The highest BCUT2D eigenvalue weighted by atomic mass is 19.4. The number of benzene rings is 1. The molecule has 0 heterocycles. The van der Waals surface area contributed by atoms with Gasteiger partial charge in [0.25, 0.3) is 0 Å². The summed E-state index contributed by atoms with van der Waals surface area (Å²) in [6.45, 7) is 2.96. The van der Waals surface area contributed by atoms with E-state index in [1.807, 2.05) is 0 Å². The Morgan fingerprint density at radius 1 is 1.33 bits per heavy atom. The van der Waals surface area contributed by atoms with Crippen LogP contribution in [0.25, 0.3) is 6.08 Å². The Labute approximate surface area is 120 Å². The van der Waals surface area contributed by atoms with Crippen molar-refractivity contribution in [3.05, 3.63) is 35.9 Å². The van der Waals surface area contributed by atoms with Gasteiger partial charge in [-0.3, -0.25) is 4.79 Å². The Morgan fingerprint density at radius 2 is 1.95 bits per heavy atom. The van der Waals surface area contributed by atoms with Crippen molar-refractivity contribution in [2.75, 3.05) is 6.61 Å². The molecule has 0 saturated carbocycles. The third-order valence-corrected chi connectivity index (χ3v) is 2.42. The van der Waals surface area contributed by atoms with E-state index in [0.29, 0.717) is 0 Å². The minimum absolute atomic E-state index is 0.117. The first-order chi connectivity index (χ1) is 9.63. The van der Waals surface area contributed by atoms with E-state index < -0.39 is 23.6 Å². The summed E-state index contributed by atoms with van der Waals surface area (Å²) in [7, 11) is 0. The van der Waals surface area contributed by atoms with Crippen molar-refractivity contribution in [1.82, 2.24) is 5.32 Å². The third-order valence-electron chi connectivity index (χ3n) is 2.42. The average Bonchev–Trinajstić information content (AvgIpc) is 2.35. The fraction of sp³-hybridized carbons (Fsp3) is 0.357. The molecule has 0 fully saturated rings. The summed E-state index contributed by atoms with van der Waals surface area (Å²) < 4.78 is 40.6. The zero-order chi connectivity index (χ0) is 16.1. The van der Waals surface area contributed by atoms with Crippen molar-refractivity contribution in [3.8, 4) is 5.75 Å². The van der Waals surface area contributed by atoms with Gasteiger partial charge in [-0.05, 0) is 26.0 Å². The number of nitrogens with one attached hydrogen (secondary N) is 1. The van der Waals surface area contributed by atoms with E-state index in [1.165, 1.54) is 24.3 Å². The lowest BCUT2D eigenvalue weighted by Gasteiger charge is -2.22. The van der Waals surface area contributed by atoms with Crippen molar-refractivity contribution in [3.63, 3.8) is 0 Å². The number of halogens is 3. The maximum Gasteiger partial charge on any atom is 0.573 e. The van der Waals surface area contributed by atoms with Crippen molar-refractivity contribution < 1.29 is 27.8 Å². The number of amides is 1. The molecule has 0 bridgehead atoms. The molecule has 1 amide bonds. The quantitative estimate of drug-likeness (QED) is 0.822. The lowest BCUT2D eigenvalue weighted by atomic mass is 10.1. The smallest absolute Gasteiger partial charge is 0.405 e. The Bertz CT molecular complexity index is 524. The highest BCUT2D eigenvalue weighted by Gasteiger charge is 2.31. The van der Waals surface area contributed by atoms with E-state index in [9.17, 15) is 18.0 Å². The standard InChI is InChI=1S/C14H16F3NO3/c1-13(2,9-19)18-12(20)8-7-10-5-3-4-6-11(10)21-14(15,16)17/h3-8,19H,9H2,1-2H3,(H,18,20)/b8-7+. The first-order valence-electron chi connectivity index (χ1n) is 6.09. The molecule has 0 aliphatic carbocycles. The van der Waals surface area contributed by atoms with Crippen LogP contribution in [0.3, 0.4) is 0 Å². The number of para-hydroxylation sites is 1. The van der Waals surface area contributed by atoms with Crippen LogP contribution < -0.4 is 10.1 Å². The van der Waals surface area contributed by atoms with Crippen LogP contribution >= 0.6 is 0 Å². The molecule has 0 saturated heterocycles. The molecular formula is C14H16F3NO3. The van der Waals surface area contributed by atoms with Crippen LogP contribution in [0.1, 0.15) is 19.4 Å². The molecule has 0 aromatic heterocycles. The van der Waals surface area contributed by atoms with Crippen LogP contribution in [0.2, 0.25) is 0 Å². The fourth-order valence-corrected chi connectivity index (χ4v) is 1.42. The second kappa shape index (κ2) is 6.62. The summed E-state index contributed by atoms with van der Waals surface area (Å²) in [5.74, 6) is -0.925. The molecule has 0 atom stereocenters. The summed E-state index contributed by atoms with van der Waals surface area (Å²) in [5.41, 5.74) is -0.699. The molecule has 116 valence electrons. The number of aliphatic hydroxyl groups excluding tert-OH is 1. The molecule has 4 nitrogen and oxygen atoms in total. The summed E-state index contributed by atoms with van der Waals surface area (Å²) in [4.78, 5) is 11.6. The van der Waals surface area contributed by atoms with Crippen LogP contribution in [0.5, 0.6) is 5.75 Å². The van der Waals surface area contributed by atoms with E-state index in [1.54, 1.807) is 13.8 Å². The normalized spacial score (nSPS) is 12.5. The average molecular weight is 303 g/mol. The molecule has 1 rings (SSSR count). The SMILES string of the molecule is CC(C)(CO)NC(=O)/C=C/c1ccccc1OC(F)(F)F. The molecule has 0 aliphatic rings. The number of hydrogen-bond donors (Lipinski definition) is 2. The van der Waals surface area contributed by atoms with Gasteiger partial charge in [0, 0.05) is 11.6 Å². The lowest BCUT2D eigenvalue weighted by Crippen LogP contribution is -2.45. The number of rotatable bonds is 5. The summed E-state index contributed by atoms with van der Waals surface area (Å²) in [6, 6.07) is 5.47. The van der Waals surface area contributed by atoms with Gasteiger partial charge < -0.3 is 15.2 Å². The first kappa shape index (κ1) is 17.0. The van der Waals surface area contributed by atoms with Crippen LogP contribution in [0, 0.1) is 0 Å².